The summed E-state index contributed by atoms with van der Waals surface area (Å²) < 4.78 is 5.15. The molecule has 2 aromatic carbocycles. The van der Waals surface area contributed by atoms with Gasteiger partial charge in [-0.15, -0.1) is 0 Å². The van der Waals surface area contributed by atoms with Crippen LogP contribution in [0.3, 0.4) is 0 Å². The molecule has 0 unspecified atom stereocenters. The van der Waals surface area contributed by atoms with Crippen LogP contribution in [0.1, 0.15) is 31.9 Å². The molecule has 0 aliphatic carbocycles. The van der Waals surface area contributed by atoms with Crippen LogP contribution in [0.15, 0.2) is 48.5 Å². The number of carbonyl (C=O) groups excluding carboxylic acids is 1. The number of hydrogen-bond acceptors (Lipinski definition) is 4. The Hall–Kier alpha value is -2.86. The molecular weight excluding hydrogens is 356 g/mol. The smallest absolute Gasteiger partial charge is 0.408 e. The standard InChI is InChI=1S/C22H28N2O4/c1-22(2,3)28-21(27)24-19(20(25)26)13-15-8-10-17(11-9-15)18-7-5-6-16(12-18)14-23-4/h5-12,19,23H,13-14H2,1-4H3,(H,24,27)(H,25,26)/t19-/m1/s1. The molecule has 3 N–H and O–H groups in total. The second kappa shape index (κ2) is 9.37. The van der Waals surface area contributed by atoms with Gasteiger partial charge >= 0.3 is 12.1 Å². The molecule has 0 aliphatic heterocycles. The van der Waals surface area contributed by atoms with Gasteiger partial charge in [-0.2, -0.15) is 0 Å². The molecule has 6 nitrogen and oxygen atoms in total. The van der Waals surface area contributed by atoms with E-state index in [-0.39, 0.29) is 6.42 Å². The summed E-state index contributed by atoms with van der Waals surface area (Å²) in [5.41, 5.74) is 3.47. The third-order valence-electron chi connectivity index (χ3n) is 4.02. The summed E-state index contributed by atoms with van der Waals surface area (Å²) in [5.74, 6) is -1.10. The third kappa shape index (κ3) is 6.70. The van der Waals surface area contributed by atoms with Crippen molar-refractivity contribution in [3.8, 4) is 11.1 Å². The minimum atomic E-state index is -1.10. The first-order chi connectivity index (χ1) is 13.2. The van der Waals surface area contributed by atoms with Gasteiger partial charge in [-0.1, -0.05) is 42.5 Å². The molecule has 0 heterocycles. The number of carboxylic acid groups (broad SMARTS) is 1. The van der Waals surface area contributed by atoms with Crippen LogP contribution < -0.4 is 10.6 Å². The predicted octanol–water partition coefficient (Wildman–Crippen LogP) is 3.59. The molecule has 0 saturated heterocycles. The number of hydrogen-bond donors (Lipinski definition) is 3. The van der Waals surface area contributed by atoms with Crippen molar-refractivity contribution in [1.29, 1.82) is 0 Å². The zero-order valence-electron chi connectivity index (χ0n) is 16.8. The van der Waals surface area contributed by atoms with Crippen LogP contribution in [-0.2, 0) is 22.5 Å². The molecule has 2 rings (SSSR count). The molecule has 1 atom stereocenters. The average molecular weight is 384 g/mol. The second-order valence-electron chi connectivity index (χ2n) is 7.67. The summed E-state index contributed by atoms with van der Waals surface area (Å²) in [6.45, 7) is 5.98. The van der Waals surface area contributed by atoms with E-state index in [0.29, 0.717) is 0 Å². The average Bonchev–Trinajstić information content (AvgIpc) is 2.60. The van der Waals surface area contributed by atoms with Crippen LogP contribution in [-0.4, -0.2) is 35.9 Å². The van der Waals surface area contributed by atoms with Crippen molar-refractivity contribution in [2.45, 2.75) is 45.4 Å². The third-order valence-corrected chi connectivity index (χ3v) is 4.02. The van der Waals surface area contributed by atoms with Gasteiger partial charge in [-0.25, -0.2) is 9.59 Å². The lowest BCUT2D eigenvalue weighted by atomic mass is 9.99. The van der Waals surface area contributed by atoms with Gasteiger partial charge in [-0.05, 0) is 56.1 Å². The Morgan fingerprint density at radius 2 is 1.71 bits per heavy atom. The summed E-state index contributed by atoms with van der Waals surface area (Å²) in [5, 5.41) is 15.0. The van der Waals surface area contributed by atoms with Gasteiger partial charge in [0.25, 0.3) is 0 Å². The molecule has 2 aromatic rings. The van der Waals surface area contributed by atoms with E-state index in [2.05, 4.69) is 22.8 Å². The summed E-state index contributed by atoms with van der Waals surface area (Å²) in [7, 11) is 1.91. The van der Waals surface area contributed by atoms with Gasteiger partial charge < -0.3 is 20.5 Å². The van der Waals surface area contributed by atoms with Crippen molar-refractivity contribution in [3.63, 3.8) is 0 Å². The van der Waals surface area contributed by atoms with Gasteiger partial charge in [0.1, 0.15) is 11.6 Å². The predicted molar refractivity (Wildman–Crippen MR) is 109 cm³/mol. The molecule has 0 radical (unpaired) electrons. The lowest BCUT2D eigenvalue weighted by molar-refractivity contribution is -0.139. The number of alkyl carbamates (subject to hydrolysis) is 1. The van der Waals surface area contributed by atoms with Gasteiger partial charge in [0.05, 0.1) is 0 Å². The summed E-state index contributed by atoms with van der Waals surface area (Å²) in [6.07, 6.45) is -0.563. The largest absolute Gasteiger partial charge is 0.480 e. The first-order valence-electron chi connectivity index (χ1n) is 9.23. The molecule has 0 fully saturated rings. The van der Waals surface area contributed by atoms with Gasteiger partial charge in [0.2, 0.25) is 0 Å². The van der Waals surface area contributed by atoms with Crippen molar-refractivity contribution in [2.75, 3.05) is 7.05 Å². The number of amides is 1. The fourth-order valence-corrected chi connectivity index (χ4v) is 2.78. The van der Waals surface area contributed by atoms with E-state index in [1.165, 1.54) is 5.56 Å². The van der Waals surface area contributed by atoms with Crippen LogP contribution in [0.5, 0.6) is 0 Å². The van der Waals surface area contributed by atoms with E-state index < -0.39 is 23.7 Å². The minimum Gasteiger partial charge on any atom is -0.480 e. The number of nitrogens with one attached hydrogen (secondary N) is 2. The van der Waals surface area contributed by atoms with E-state index >= 15 is 0 Å². The fourth-order valence-electron chi connectivity index (χ4n) is 2.78. The lowest BCUT2D eigenvalue weighted by Gasteiger charge is -2.22. The van der Waals surface area contributed by atoms with E-state index in [1.807, 2.05) is 43.4 Å². The Kier molecular flexibility index (Phi) is 7.18. The topological polar surface area (TPSA) is 87.7 Å². The summed E-state index contributed by atoms with van der Waals surface area (Å²) in [6, 6.07) is 14.9. The van der Waals surface area contributed by atoms with Crippen LogP contribution in [0, 0.1) is 0 Å². The number of aliphatic carboxylic acids is 1. The molecule has 6 heteroatoms. The molecule has 0 spiro atoms. The molecule has 150 valence electrons. The van der Waals surface area contributed by atoms with Crippen molar-refractivity contribution < 1.29 is 19.4 Å². The zero-order chi connectivity index (χ0) is 20.7. The lowest BCUT2D eigenvalue weighted by Crippen LogP contribution is -2.44. The maximum atomic E-state index is 11.9. The number of carboxylic acids is 1. The van der Waals surface area contributed by atoms with Crippen molar-refractivity contribution >= 4 is 12.1 Å². The van der Waals surface area contributed by atoms with Gasteiger partial charge in [0, 0.05) is 13.0 Å². The highest BCUT2D eigenvalue weighted by molar-refractivity contribution is 5.80. The Morgan fingerprint density at radius 1 is 1.04 bits per heavy atom. The first-order valence-corrected chi connectivity index (χ1v) is 9.23. The SMILES string of the molecule is CNCc1cccc(-c2ccc(C[C@@H](NC(=O)OC(C)(C)C)C(=O)O)cc2)c1. The molecule has 28 heavy (non-hydrogen) atoms. The van der Waals surface area contributed by atoms with Gasteiger partial charge in [-0.3, -0.25) is 0 Å². The fraction of sp³-hybridized carbons (Fsp3) is 0.364. The van der Waals surface area contributed by atoms with Crippen LogP contribution in [0.4, 0.5) is 4.79 Å². The summed E-state index contributed by atoms with van der Waals surface area (Å²) in [4.78, 5) is 23.4. The van der Waals surface area contributed by atoms with E-state index in [0.717, 1.165) is 23.2 Å². The van der Waals surface area contributed by atoms with E-state index in [9.17, 15) is 14.7 Å². The maximum Gasteiger partial charge on any atom is 0.408 e. The second-order valence-corrected chi connectivity index (χ2v) is 7.67. The summed E-state index contributed by atoms with van der Waals surface area (Å²) >= 11 is 0. The number of carbonyl (C=O) groups is 2. The maximum absolute atomic E-state index is 11.9. The number of benzene rings is 2. The normalized spacial score (nSPS) is 12.3. The highest BCUT2D eigenvalue weighted by Crippen LogP contribution is 2.21. The minimum absolute atomic E-state index is 0.175. The first kappa shape index (κ1) is 21.4. The highest BCUT2D eigenvalue weighted by Gasteiger charge is 2.24. The highest BCUT2D eigenvalue weighted by atomic mass is 16.6. The molecule has 0 aliphatic rings. The zero-order valence-corrected chi connectivity index (χ0v) is 16.8. The van der Waals surface area contributed by atoms with Crippen molar-refractivity contribution in [1.82, 2.24) is 10.6 Å². The Labute approximate surface area is 165 Å². The quantitative estimate of drug-likeness (QED) is 0.679. The molecule has 0 saturated carbocycles. The van der Waals surface area contributed by atoms with Crippen molar-refractivity contribution in [2.24, 2.45) is 0 Å². The number of ether oxygens (including phenoxy) is 1. The Bertz CT molecular complexity index is 810. The van der Waals surface area contributed by atoms with Crippen LogP contribution in [0.2, 0.25) is 0 Å². The van der Waals surface area contributed by atoms with E-state index in [4.69, 9.17) is 4.74 Å². The van der Waals surface area contributed by atoms with E-state index in [1.54, 1.807) is 20.8 Å². The molecule has 0 bridgehead atoms. The molecule has 1 amide bonds. The monoisotopic (exact) mass is 384 g/mol. The van der Waals surface area contributed by atoms with Crippen LogP contribution in [0.25, 0.3) is 11.1 Å². The van der Waals surface area contributed by atoms with Gasteiger partial charge in [0.15, 0.2) is 0 Å². The number of rotatable bonds is 7. The van der Waals surface area contributed by atoms with Crippen LogP contribution >= 0.6 is 0 Å². The molecule has 0 aromatic heterocycles. The Morgan fingerprint density at radius 3 is 2.29 bits per heavy atom. The van der Waals surface area contributed by atoms with Crippen molar-refractivity contribution in [3.05, 3.63) is 59.7 Å². The Balaban J connectivity index is 2.08. The molecular formula is C22H28N2O4.